The predicted molar refractivity (Wildman–Crippen MR) is 232 cm³/mol. The van der Waals surface area contributed by atoms with Gasteiger partial charge in [-0.2, -0.15) is 0 Å². The zero-order valence-electron chi connectivity index (χ0n) is 31.4. The van der Waals surface area contributed by atoms with Gasteiger partial charge in [0.15, 0.2) is 0 Å². The maximum Gasteiger partial charge on any atom is 0.116 e. The van der Waals surface area contributed by atoms with Crippen molar-refractivity contribution in [1.29, 1.82) is 0 Å². The number of rotatable bonds is 10. The summed E-state index contributed by atoms with van der Waals surface area (Å²) in [5.41, 5.74) is 2.77. The van der Waals surface area contributed by atoms with E-state index in [9.17, 15) is 0 Å². The Hall–Kier alpha value is -5.33. The van der Waals surface area contributed by atoms with Gasteiger partial charge in [-0.3, -0.25) is 0 Å². The minimum Gasteiger partial charge on any atom is -0.0622 e. The first-order chi connectivity index (χ1) is 27.8. The Kier molecular flexibility index (Phi) is 14.6. The molecule has 7 heteroatoms. The summed E-state index contributed by atoms with van der Waals surface area (Å²) in [7, 11) is -3.55. The molecule has 57 heavy (non-hydrogen) atoms. The third kappa shape index (κ3) is 11.0. The molecule has 8 rings (SSSR count). The molecule has 8 aromatic rings. The monoisotopic (exact) mass is 822 g/mol. The third-order valence-corrected chi connectivity index (χ3v) is 18.5. The van der Waals surface area contributed by atoms with Crippen LogP contribution in [0.3, 0.4) is 0 Å². The quantitative estimate of drug-likeness (QED) is 0.132. The Morgan fingerprint density at radius 2 is 0.421 bits per heavy atom. The molecule has 4 nitrogen and oxygen atoms in total. The minimum absolute atomic E-state index is 1.03. The van der Waals surface area contributed by atoms with Crippen molar-refractivity contribution in [3.63, 3.8) is 0 Å². The molecule has 0 radical (unpaired) electrons. The van der Waals surface area contributed by atoms with Crippen molar-refractivity contribution in [3.05, 3.63) is 254 Å². The summed E-state index contributed by atoms with van der Waals surface area (Å²) in [6.07, 6.45) is 2.07. The van der Waals surface area contributed by atoms with Gasteiger partial charge in [-0.15, -0.1) is 0 Å². The molecular formula is C50H44CrO4P2. The van der Waals surface area contributed by atoms with E-state index in [2.05, 4.69) is 243 Å². The van der Waals surface area contributed by atoms with E-state index in [4.69, 9.17) is 15.9 Å². The van der Waals surface area contributed by atoms with Gasteiger partial charge in [-0.1, -0.05) is 170 Å². The minimum atomic E-state index is -5.75. The second-order valence-electron chi connectivity index (χ2n) is 13.3. The van der Waals surface area contributed by atoms with Crippen molar-refractivity contribution in [2.45, 2.75) is 12.3 Å². The molecule has 0 aliphatic heterocycles. The van der Waals surface area contributed by atoms with Gasteiger partial charge in [-0.25, -0.2) is 0 Å². The molecule has 0 aromatic heterocycles. The predicted octanol–water partition coefficient (Wildman–Crippen LogP) is 7.74. The number of benzene rings is 8. The maximum atomic E-state index is 8.59. The zero-order valence-corrected chi connectivity index (χ0v) is 34.5. The molecule has 8 aromatic carbocycles. The van der Waals surface area contributed by atoms with Gasteiger partial charge in [-0.05, 0) is 83.9 Å². The molecule has 0 N–H and O–H groups in total. The average Bonchev–Trinajstić information content (AvgIpc) is 3.27. The Bertz CT molecular complexity index is 2100. The van der Waals surface area contributed by atoms with E-state index in [1.54, 1.807) is 0 Å². The van der Waals surface area contributed by atoms with Crippen LogP contribution in [-0.4, -0.2) is 0 Å². The molecule has 0 aliphatic rings. The molecule has 0 spiro atoms. The van der Waals surface area contributed by atoms with Crippen LogP contribution in [0.2, 0.25) is 0 Å². The Morgan fingerprint density at radius 1 is 0.281 bits per heavy atom. The summed E-state index contributed by atoms with van der Waals surface area (Å²) >= 11 is -5.75. The molecule has 0 amide bonds. The van der Waals surface area contributed by atoms with Gasteiger partial charge >= 0.3 is 29.5 Å². The van der Waals surface area contributed by atoms with Crippen LogP contribution in [0.5, 0.6) is 0 Å². The maximum absolute atomic E-state index is 8.59. The van der Waals surface area contributed by atoms with Gasteiger partial charge in [0.05, 0.1) is 12.3 Å². The molecule has 0 saturated carbocycles. The molecule has 0 atom stereocenters. The van der Waals surface area contributed by atoms with Crippen LogP contribution in [0.1, 0.15) is 11.1 Å². The van der Waals surface area contributed by atoms with E-state index in [-0.39, 0.29) is 0 Å². The van der Waals surface area contributed by atoms with Crippen LogP contribution in [0, 0.1) is 0 Å². The van der Waals surface area contributed by atoms with Crippen LogP contribution in [0.15, 0.2) is 243 Å². The molecule has 0 fully saturated rings. The van der Waals surface area contributed by atoms with E-state index in [1.165, 1.54) is 43.0 Å². The van der Waals surface area contributed by atoms with Crippen molar-refractivity contribution >= 4 is 46.4 Å². The van der Waals surface area contributed by atoms with Gasteiger partial charge in [0.25, 0.3) is 0 Å². The summed E-state index contributed by atoms with van der Waals surface area (Å²) in [5.74, 6) is 0. The largest absolute Gasteiger partial charge is 0.116 e. The zero-order chi connectivity index (χ0) is 39.8. The summed E-state index contributed by atoms with van der Waals surface area (Å²) < 4.78 is 34.4. The topological polar surface area (TPSA) is 80.3 Å². The van der Waals surface area contributed by atoms with Crippen LogP contribution in [-0.2, 0) is 33.5 Å². The second kappa shape index (κ2) is 20.2. The van der Waals surface area contributed by atoms with E-state index >= 15 is 0 Å². The van der Waals surface area contributed by atoms with Crippen molar-refractivity contribution < 1.29 is 29.5 Å². The molecule has 0 saturated heterocycles. The Labute approximate surface area is 340 Å². The van der Waals surface area contributed by atoms with Crippen LogP contribution in [0.4, 0.5) is 0 Å². The first kappa shape index (κ1) is 41.3. The molecule has 284 valence electrons. The summed E-state index contributed by atoms with van der Waals surface area (Å²) in [6.45, 7) is 0. The summed E-state index contributed by atoms with van der Waals surface area (Å²) in [5, 5.41) is 8.59. The van der Waals surface area contributed by atoms with Crippen molar-refractivity contribution in [1.82, 2.24) is 0 Å². The van der Waals surface area contributed by atoms with Crippen LogP contribution in [0.25, 0.3) is 0 Å². The van der Waals surface area contributed by atoms with Crippen molar-refractivity contribution in [3.8, 4) is 0 Å². The van der Waals surface area contributed by atoms with E-state index in [0.717, 1.165) is 12.3 Å². The van der Waals surface area contributed by atoms with Crippen LogP contribution < -0.4 is 40.1 Å². The fourth-order valence-corrected chi connectivity index (χ4v) is 15.7. The van der Waals surface area contributed by atoms with Crippen LogP contribution >= 0.6 is 14.5 Å². The second-order valence-corrected chi connectivity index (χ2v) is 21.6. The van der Waals surface area contributed by atoms with E-state index < -0.39 is 28.1 Å². The standard InChI is InChI=1S/2C25H22P.Cr.4O/c2*1-5-13-22(14-6-1)21-26(23-15-7-2-8-16-23,24-17-9-3-10-18-24)25-19-11-4-12-20-25;;;;;/h2*1-20H,21H2;;;;;/q2*+1;;;;2*-1. The van der Waals surface area contributed by atoms with Gasteiger partial charge in [0, 0.05) is 0 Å². The smallest absolute Gasteiger partial charge is 0.0622 e. The number of hydrogen-bond donors (Lipinski definition) is 0. The van der Waals surface area contributed by atoms with Crippen molar-refractivity contribution in [2.75, 3.05) is 0 Å². The average molecular weight is 823 g/mol. The fourth-order valence-electron chi connectivity index (χ4n) is 7.25. The number of hydrogen-bond acceptors (Lipinski definition) is 4. The molecule has 0 bridgehead atoms. The van der Waals surface area contributed by atoms with Gasteiger partial charge in [0.2, 0.25) is 0 Å². The van der Waals surface area contributed by atoms with Gasteiger partial charge in [0.1, 0.15) is 46.4 Å². The SMILES string of the molecule is [O]=[Cr](=[O])([O-])[O-].c1ccc(C[P+](c2ccccc2)(c2ccccc2)c2ccccc2)cc1.c1ccc(C[P+](c2ccccc2)(c2ccccc2)c2ccccc2)cc1. The van der Waals surface area contributed by atoms with E-state index in [1.807, 2.05) is 0 Å². The molecule has 0 heterocycles. The fraction of sp³-hybridized carbons (Fsp3) is 0.0400. The normalized spacial score (nSPS) is 11.3. The Morgan fingerprint density at radius 3 is 0.579 bits per heavy atom. The first-order valence-electron chi connectivity index (χ1n) is 18.6. The molecule has 0 unspecified atom stereocenters. The summed E-state index contributed by atoms with van der Waals surface area (Å²) in [6, 6.07) is 88.1. The molecule has 0 aliphatic carbocycles. The summed E-state index contributed by atoms with van der Waals surface area (Å²) in [4.78, 5) is 0. The van der Waals surface area contributed by atoms with Crippen molar-refractivity contribution in [2.24, 2.45) is 0 Å². The third-order valence-electron chi connectivity index (χ3n) is 9.71. The molecular weight excluding hydrogens is 778 g/mol. The Balaban J connectivity index is 0.000000173. The van der Waals surface area contributed by atoms with E-state index in [0.29, 0.717) is 0 Å². The first-order valence-corrected chi connectivity index (χ1v) is 24.7. The van der Waals surface area contributed by atoms with Gasteiger partial charge < -0.3 is 0 Å².